The number of nitrogens with zero attached hydrogens (tertiary/aromatic N) is 4. The predicted octanol–water partition coefficient (Wildman–Crippen LogP) is 4.87. The van der Waals surface area contributed by atoms with Crippen molar-refractivity contribution in [3.05, 3.63) is 108 Å². The van der Waals surface area contributed by atoms with Gasteiger partial charge in [-0.15, -0.1) is 0 Å². The Balaban J connectivity index is 1.30. The van der Waals surface area contributed by atoms with Crippen molar-refractivity contribution in [1.29, 1.82) is 0 Å². The molecule has 5 aromatic rings. The van der Waals surface area contributed by atoms with Crippen molar-refractivity contribution in [3.8, 4) is 5.75 Å². The molecule has 0 atom stereocenters. The van der Waals surface area contributed by atoms with Crippen LogP contribution in [0, 0.1) is 0 Å². The SMILES string of the molecule is c1ccc2cc(CCOc3cc(Cn4cccn4)ccc3CCc3ncon3)ccc2c1. The van der Waals surface area contributed by atoms with Gasteiger partial charge in [0.25, 0.3) is 0 Å². The lowest BCUT2D eigenvalue weighted by Crippen LogP contribution is -2.06. The van der Waals surface area contributed by atoms with E-state index in [0.717, 1.165) is 29.7 Å². The van der Waals surface area contributed by atoms with E-state index >= 15 is 0 Å². The second kappa shape index (κ2) is 9.47. The van der Waals surface area contributed by atoms with Crippen molar-refractivity contribution in [1.82, 2.24) is 19.9 Å². The number of hydrogen-bond acceptors (Lipinski definition) is 5. The number of aromatic nitrogens is 4. The highest BCUT2D eigenvalue weighted by atomic mass is 16.5. The second-order valence-electron chi connectivity index (χ2n) is 7.77. The molecule has 0 aliphatic heterocycles. The fourth-order valence-electron chi connectivity index (χ4n) is 3.84. The molecule has 0 unspecified atom stereocenters. The lowest BCUT2D eigenvalue weighted by atomic mass is 10.0. The van der Waals surface area contributed by atoms with Crippen molar-refractivity contribution in [2.75, 3.05) is 6.61 Å². The topological polar surface area (TPSA) is 66.0 Å². The minimum absolute atomic E-state index is 0.610. The first kappa shape index (κ1) is 20.0. The van der Waals surface area contributed by atoms with Gasteiger partial charge in [0, 0.05) is 25.2 Å². The van der Waals surface area contributed by atoms with Gasteiger partial charge in [-0.25, -0.2) is 0 Å². The smallest absolute Gasteiger partial charge is 0.213 e. The largest absolute Gasteiger partial charge is 0.493 e. The van der Waals surface area contributed by atoms with Gasteiger partial charge in [-0.1, -0.05) is 59.8 Å². The molecule has 0 saturated heterocycles. The van der Waals surface area contributed by atoms with E-state index in [2.05, 4.69) is 75.9 Å². The van der Waals surface area contributed by atoms with E-state index in [1.807, 2.05) is 16.9 Å². The first-order chi connectivity index (χ1) is 15.8. The maximum absolute atomic E-state index is 6.29. The third-order valence-corrected chi connectivity index (χ3v) is 5.52. The van der Waals surface area contributed by atoms with Crippen LogP contribution in [-0.2, 0) is 25.8 Å². The van der Waals surface area contributed by atoms with E-state index in [4.69, 9.17) is 9.26 Å². The number of fused-ring (bicyclic) bond motifs is 1. The molecule has 0 radical (unpaired) electrons. The van der Waals surface area contributed by atoms with Crippen LogP contribution in [0.15, 0.2) is 90.0 Å². The summed E-state index contributed by atoms with van der Waals surface area (Å²) in [6, 6.07) is 23.3. The summed E-state index contributed by atoms with van der Waals surface area (Å²) in [4.78, 5) is 4.12. The summed E-state index contributed by atoms with van der Waals surface area (Å²) >= 11 is 0. The molecule has 6 nitrogen and oxygen atoms in total. The fourth-order valence-corrected chi connectivity index (χ4v) is 3.84. The summed E-state index contributed by atoms with van der Waals surface area (Å²) < 4.78 is 13.1. The highest BCUT2D eigenvalue weighted by Crippen LogP contribution is 2.24. The molecule has 2 heterocycles. The third-order valence-electron chi connectivity index (χ3n) is 5.52. The molecule has 0 aliphatic carbocycles. The van der Waals surface area contributed by atoms with Crippen LogP contribution in [0.4, 0.5) is 0 Å². The van der Waals surface area contributed by atoms with Crippen molar-refractivity contribution in [2.24, 2.45) is 0 Å². The number of ether oxygens (including phenoxy) is 1. The Hall–Kier alpha value is -3.93. The highest BCUT2D eigenvalue weighted by molar-refractivity contribution is 5.82. The van der Waals surface area contributed by atoms with Crippen LogP contribution in [0.5, 0.6) is 5.75 Å². The molecular weight excluding hydrogens is 400 g/mol. The van der Waals surface area contributed by atoms with E-state index in [1.54, 1.807) is 6.20 Å². The van der Waals surface area contributed by atoms with Gasteiger partial charge < -0.3 is 9.26 Å². The molecule has 0 fully saturated rings. The predicted molar refractivity (Wildman–Crippen MR) is 123 cm³/mol. The molecule has 5 rings (SSSR count). The van der Waals surface area contributed by atoms with E-state index in [9.17, 15) is 0 Å². The average Bonchev–Trinajstić information content (AvgIpc) is 3.53. The summed E-state index contributed by atoms with van der Waals surface area (Å²) in [6.45, 7) is 1.32. The molecular formula is C26H24N4O2. The Bertz CT molecular complexity index is 1280. The van der Waals surface area contributed by atoms with Gasteiger partial charge in [0.05, 0.1) is 13.2 Å². The molecule has 160 valence electrons. The van der Waals surface area contributed by atoms with Gasteiger partial charge >= 0.3 is 0 Å². The second-order valence-corrected chi connectivity index (χ2v) is 7.77. The normalized spacial score (nSPS) is 11.1. The zero-order valence-corrected chi connectivity index (χ0v) is 17.7. The maximum atomic E-state index is 6.29. The van der Waals surface area contributed by atoms with Crippen LogP contribution in [0.1, 0.15) is 22.5 Å². The number of hydrogen-bond donors (Lipinski definition) is 0. The van der Waals surface area contributed by atoms with Crippen molar-refractivity contribution >= 4 is 10.8 Å². The molecule has 6 heteroatoms. The summed E-state index contributed by atoms with van der Waals surface area (Å²) in [5.41, 5.74) is 3.56. The lowest BCUT2D eigenvalue weighted by Gasteiger charge is -2.14. The number of aryl methyl sites for hydroxylation is 2. The molecule has 32 heavy (non-hydrogen) atoms. The van der Waals surface area contributed by atoms with Crippen molar-refractivity contribution in [2.45, 2.75) is 25.8 Å². The summed E-state index contributed by atoms with van der Waals surface area (Å²) in [6.07, 6.45) is 7.45. The summed E-state index contributed by atoms with van der Waals surface area (Å²) in [5.74, 6) is 1.60. The Morgan fingerprint density at radius 2 is 1.75 bits per heavy atom. The first-order valence-electron chi connectivity index (χ1n) is 10.8. The Morgan fingerprint density at radius 1 is 0.844 bits per heavy atom. The van der Waals surface area contributed by atoms with Gasteiger partial charge in [-0.2, -0.15) is 10.1 Å². The molecule has 0 amide bonds. The molecule has 2 aromatic heterocycles. The van der Waals surface area contributed by atoms with Gasteiger partial charge in [-0.3, -0.25) is 4.68 Å². The Morgan fingerprint density at radius 3 is 2.59 bits per heavy atom. The van der Waals surface area contributed by atoms with Crippen LogP contribution in [0.3, 0.4) is 0 Å². The standard InChI is InChI=1S/C26H24N4O2/c1-2-5-24-16-20(6-8-22(24)4-1)12-15-31-25-17-21(18-30-14-3-13-28-30)7-9-23(25)10-11-26-27-19-32-29-26/h1-9,13-14,16-17,19H,10-12,15,18H2. The maximum Gasteiger partial charge on any atom is 0.213 e. The lowest BCUT2D eigenvalue weighted by molar-refractivity contribution is 0.318. The Labute approximate surface area is 186 Å². The van der Waals surface area contributed by atoms with Crippen molar-refractivity contribution < 1.29 is 9.26 Å². The van der Waals surface area contributed by atoms with Crippen LogP contribution in [-0.4, -0.2) is 26.5 Å². The summed E-state index contributed by atoms with van der Waals surface area (Å²) in [5, 5.41) is 10.7. The van der Waals surface area contributed by atoms with Gasteiger partial charge in [0.1, 0.15) is 5.75 Å². The van der Waals surface area contributed by atoms with Crippen LogP contribution < -0.4 is 4.74 Å². The molecule has 0 N–H and O–H groups in total. The zero-order valence-electron chi connectivity index (χ0n) is 17.7. The van der Waals surface area contributed by atoms with E-state index in [1.165, 1.54) is 22.7 Å². The van der Waals surface area contributed by atoms with Crippen LogP contribution in [0.25, 0.3) is 10.8 Å². The molecule has 0 bridgehead atoms. The van der Waals surface area contributed by atoms with Gasteiger partial charge in [0.15, 0.2) is 5.82 Å². The Kier molecular flexibility index (Phi) is 5.92. The van der Waals surface area contributed by atoms with E-state index in [-0.39, 0.29) is 0 Å². The number of rotatable bonds is 9. The van der Waals surface area contributed by atoms with Crippen LogP contribution in [0.2, 0.25) is 0 Å². The monoisotopic (exact) mass is 424 g/mol. The zero-order chi connectivity index (χ0) is 21.6. The van der Waals surface area contributed by atoms with Gasteiger partial charge in [0.2, 0.25) is 6.39 Å². The minimum atomic E-state index is 0.610. The minimum Gasteiger partial charge on any atom is -0.493 e. The molecule has 0 saturated carbocycles. The third kappa shape index (κ3) is 4.86. The van der Waals surface area contributed by atoms with E-state index < -0.39 is 0 Å². The van der Waals surface area contributed by atoms with Gasteiger partial charge in [-0.05, 0) is 46.0 Å². The fraction of sp³-hybridized carbons (Fsp3) is 0.192. The molecule has 3 aromatic carbocycles. The highest BCUT2D eigenvalue weighted by Gasteiger charge is 2.09. The first-order valence-corrected chi connectivity index (χ1v) is 10.8. The van der Waals surface area contributed by atoms with Crippen molar-refractivity contribution in [3.63, 3.8) is 0 Å². The van der Waals surface area contributed by atoms with Crippen LogP contribution >= 0.6 is 0 Å². The quantitative estimate of drug-likeness (QED) is 0.338. The number of benzene rings is 3. The average molecular weight is 425 g/mol. The molecule has 0 spiro atoms. The van der Waals surface area contributed by atoms with E-state index in [0.29, 0.717) is 25.4 Å². The molecule has 0 aliphatic rings. The summed E-state index contributed by atoms with van der Waals surface area (Å²) in [7, 11) is 0.